The molecule has 0 atom stereocenters. The van der Waals surface area contributed by atoms with Gasteiger partial charge >= 0.3 is 0 Å². The van der Waals surface area contributed by atoms with Crippen LogP contribution in [-0.4, -0.2) is 19.6 Å². The van der Waals surface area contributed by atoms with Crippen molar-refractivity contribution in [2.45, 2.75) is 13.8 Å². The van der Waals surface area contributed by atoms with Gasteiger partial charge in [0.15, 0.2) is 0 Å². The van der Waals surface area contributed by atoms with Crippen LogP contribution in [0.2, 0.25) is 0 Å². The second-order valence-corrected chi connectivity index (χ2v) is 6.82. The van der Waals surface area contributed by atoms with E-state index in [2.05, 4.69) is 10.6 Å². The molecule has 5 nitrogen and oxygen atoms in total. The number of amides is 1. The Morgan fingerprint density at radius 2 is 1.71 bits per heavy atom. The van der Waals surface area contributed by atoms with Gasteiger partial charge in [-0.05, 0) is 37.1 Å². The van der Waals surface area contributed by atoms with Gasteiger partial charge in [-0.3, -0.25) is 4.79 Å². The van der Waals surface area contributed by atoms with E-state index in [1.54, 1.807) is 7.11 Å². The number of ether oxygens (including phenoxy) is 1. The van der Waals surface area contributed by atoms with Crippen LogP contribution in [0.1, 0.15) is 11.1 Å². The first-order valence-corrected chi connectivity index (χ1v) is 9.16. The van der Waals surface area contributed by atoms with E-state index in [1.165, 1.54) is 0 Å². The van der Waals surface area contributed by atoms with Crippen LogP contribution in [0.5, 0.6) is 5.75 Å². The number of anilines is 2. The van der Waals surface area contributed by atoms with Gasteiger partial charge in [-0.1, -0.05) is 36.4 Å². The van der Waals surface area contributed by atoms with Crippen molar-refractivity contribution in [3.8, 4) is 5.75 Å². The molecule has 3 aromatic carbocycles. The van der Waals surface area contributed by atoms with E-state index >= 15 is 0 Å². The molecule has 142 valence electrons. The Morgan fingerprint density at radius 1 is 0.964 bits per heavy atom. The van der Waals surface area contributed by atoms with Crippen molar-refractivity contribution in [2.75, 3.05) is 24.3 Å². The maximum absolute atomic E-state index is 12.5. The molecule has 1 heterocycles. The van der Waals surface area contributed by atoms with Gasteiger partial charge in [0, 0.05) is 22.5 Å². The van der Waals surface area contributed by atoms with Gasteiger partial charge in [-0.25, -0.2) is 0 Å². The average molecular weight is 374 g/mol. The van der Waals surface area contributed by atoms with E-state index in [1.807, 2.05) is 68.4 Å². The molecule has 4 aromatic rings. The summed E-state index contributed by atoms with van der Waals surface area (Å²) in [7, 11) is 1.62. The first kappa shape index (κ1) is 17.9. The van der Waals surface area contributed by atoms with Crippen LogP contribution in [0.4, 0.5) is 11.4 Å². The van der Waals surface area contributed by atoms with E-state index in [0.717, 1.165) is 38.8 Å². The summed E-state index contributed by atoms with van der Waals surface area (Å²) in [5.41, 5.74) is 5.22. The monoisotopic (exact) mass is 374 g/mol. The number of methoxy groups -OCH3 is 1. The second kappa shape index (κ2) is 7.27. The summed E-state index contributed by atoms with van der Waals surface area (Å²) in [6.45, 7) is 4.08. The number of benzene rings is 3. The first-order valence-electron chi connectivity index (χ1n) is 9.16. The summed E-state index contributed by atoms with van der Waals surface area (Å²) in [6, 6.07) is 17.6. The number of nitrogens with one attached hydrogen (secondary N) is 2. The van der Waals surface area contributed by atoms with Gasteiger partial charge < -0.3 is 19.8 Å². The molecule has 0 aliphatic carbocycles. The van der Waals surface area contributed by atoms with Gasteiger partial charge in [-0.15, -0.1) is 0 Å². The van der Waals surface area contributed by atoms with Gasteiger partial charge in [0.1, 0.15) is 16.9 Å². The predicted molar refractivity (Wildman–Crippen MR) is 113 cm³/mol. The van der Waals surface area contributed by atoms with E-state index in [-0.39, 0.29) is 12.5 Å². The predicted octanol–water partition coefficient (Wildman–Crippen LogP) is 5.26. The average Bonchev–Trinajstić information content (AvgIpc) is 3.06. The Hall–Kier alpha value is -3.47. The fraction of sp³-hybridized carbons (Fsp3) is 0.174. The molecule has 0 saturated carbocycles. The van der Waals surface area contributed by atoms with Crippen molar-refractivity contribution in [2.24, 2.45) is 0 Å². The second-order valence-electron chi connectivity index (χ2n) is 6.82. The lowest BCUT2D eigenvalue weighted by molar-refractivity contribution is -0.114. The van der Waals surface area contributed by atoms with Crippen LogP contribution in [0, 0.1) is 13.8 Å². The number of hydrogen-bond acceptors (Lipinski definition) is 4. The smallest absolute Gasteiger partial charge is 0.243 e. The van der Waals surface area contributed by atoms with Crippen molar-refractivity contribution in [3.63, 3.8) is 0 Å². The third-order valence-corrected chi connectivity index (χ3v) is 4.88. The molecule has 1 amide bonds. The van der Waals surface area contributed by atoms with E-state index in [9.17, 15) is 4.79 Å². The highest BCUT2D eigenvalue weighted by Gasteiger charge is 2.13. The minimum absolute atomic E-state index is 0.121. The van der Waals surface area contributed by atoms with Gasteiger partial charge in [0.05, 0.1) is 19.3 Å². The molecule has 1 aromatic heterocycles. The molecule has 0 bridgehead atoms. The quantitative estimate of drug-likeness (QED) is 0.500. The minimum Gasteiger partial charge on any atom is -0.495 e. The topological polar surface area (TPSA) is 63.5 Å². The Morgan fingerprint density at radius 3 is 2.46 bits per heavy atom. The molecule has 5 heteroatoms. The van der Waals surface area contributed by atoms with Crippen molar-refractivity contribution >= 4 is 39.2 Å². The third kappa shape index (κ3) is 3.27. The van der Waals surface area contributed by atoms with E-state index in [4.69, 9.17) is 9.15 Å². The van der Waals surface area contributed by atoms with Crippen molar-refractivity contribution in [1.29, 1.82) is 0 Å². The first-order chi connectivity index (χ1) is 13.6. The highest BCUT2D eigenvalue weighted by atomic mass is 16.5. The lowest BCUT2D eigenvalue weighted by Gasteiger charge is -2.14. The fourth-order valence-electron chi connectivity index (χ4n) is 3.43. The minimum atomic E-state index is -0.121. The molecule has 28 heavy (non-hydrogen) atoms. The summed E-state index contributed by atoms with van der Waals surface area (Å²) in [6.07, 6.45) is 0. The fourth-order valence-corrected chi connectivity index (χ4v) is 3.43. The summed E-state index contributed by atoms with van der Waals surface area (Å²) < 4.78 is 11.5. The number of para-hydroxylation sites is 2. The van der Waals surface area contributed by atoms with Crippen LogP contribution in [0.25, 0.3) is 21.9 Å². The lowest BCUT2D eigenvalue weighted by atomic mass is 10.1. The Kier molecular flexibility index (Phi) is 4.65. The molecule has 0 aliphatic rings. The number of carbonyl (C=O) groups is 1. The standard InChI is InChI=1S/C23H22N2O3/c1-14-7-6-8-15(2)23(14)25-22(26)13-24-18-12-20-17(11-21(18)27-3)16-9-4-5-10-19(16)28-20/h4-12,24H,13H2,1-3H3,(H,25,26). The van der Waals surface area contributed by atoms with E-state index < -0.39 is 0 Å². The number of fused-ring (bicyclic) bond motifs is 3. The molecule has 0 aliphatic heterocycles. The van der Waals surface area contributed by atoms with Crippen LogP contribution < -0.4 is 15.4 Å². The van der Waals surface area contributed by atoms with Crippen LogP contribution >= 0.6 is 0 Å². The summed E-state index contributed by atoms with van der Waals surface area (Å²) in [4.78, 5) is 12.5. The molecule has 2 N–H and O–H groups in total. The SMILES string of the molecule is COc1cc2c(cc1NCC(=O)Nc1c(C)cccc1C)oc1ccccc12. The Balaban J connectivity index is 1.57. The molecule has 0 fully saturated rings. The molecular weight excluding hydrogens is 352 g/mol. The lowest BCUT2D eigenvalue weighted by Crippen LogP contribution is -2.22. The molecule has 0 radical (unpaired) electrons. The number of rotatable bonds is 5. The normalized spacial score (nSPS) is 11.0. The van der Waals surface area contributed by atoms with Crippen molar-refractivity contribution in [1.82, 2.24) is 0 Å². The number of furan rings is 1. The van der Waals surface area contributed by atoms with Gasteiger partial charge in [0.2, 0.25) is 5.91 Å². The molecule has 0 spiro atoms. The molecule has 4 rings (SSSR count). The molecular formula is C23H22N2O3. The van der Waals surface area contributed by atoms with Crippen LogP contribution in [-0.2, 0) is 4.79 Å². The highest BCUT2D eigenvalue weighted by molar-refractivity contribution is 6.07. The third-order valence-electron chi connectivity index (χ3n) is 4.88. The number of carbonyl (C=O) groups excluding carboxylic acids is 1. The van der Waals surface area contributed by atoms with E-state index in [0.29, 0.717) is 11.4 Å². The van der Waals surface area contributed by atoms with Gasteiger partial charge in [-0.2, -0.15) is 0 Å². The number of hydrogen-bond donors (Lipinski definition) is 2. The Bertz CT molecular complexity index is 1160. The zero-order valence-electron chi connectivity index (χ0n) is 16.1. The van der Waals surface area contributed by atoms with Crippen LogP contribution in [0.3, 0.4) is 0 Å². The Labute approximate surface area is 163 Å². The highest BCUT2D eigenvalue weighted by Crippen LogP contribution is 2.36. The maximum Gasteiger partial charge on any atom is 0.243 e. The largest absolute Gasteiger partial charge is 0.495 e. The molecule has 0 unspecified atom stereocenters. The molecule has 0 saturated heterocycles. The number of aryl methyl sites for hydroxylation is 2. The summed E-state index contributed by atoms with van der Waals surface area (Å²) in [5.74, 6) is 0.545. The van der Waals surface area contributed by atoms with Crippen LogP contribution in [0.15, 0.2) is 59.0 Å². The maximum atomic E-state index is 12.5. The van der Waals surface area contributed by atoms with Crippen molar-refractivity contribution < 1.29 is 13.9 Å². The van der Waals surface area contributed by atoms with Gasteiger partial charge in [0.25, 0.3) is 0 Å². The zero-order chi connectivity index (χ0) is 19.7. The summed E-state index contributed by atoms with van der Waals surface area (Å²) >= 11 is 0. The van der Waals surface area contributed by atoms with Crippen molar-refractivity contribution in [3.05, 3.63) is 65.7 Å². The zero-order valence-corrected chi connectivity index (χ0v) is 16.1. The summed E-state index contributed by atoms with van der Waals surface area (Å²) in [5, 5.41) is 8.16.